The summed E-state index contributed by atoms with van der Waals surface area (Å²) in [6.07, 6.45) is 1.27. The first kappa shape index (κ1) is 13.1. The van der Waals surface area contributed by atoms with E-state index in [1.54, 1.807) is 6.20 Å². The van der Waals surface area contributed by atoms with Crippen LogP contribution in [0, 0.1) is 6.92 Å². The van der Waals surface area contributed by atoms with E-state index in [0.29, 0.717) is 0 Å². The van der Waals surface area contributed by atoms with Gasteiger partial charge in [-0.1, -0.05) is 6.07 Å². The predicted molar refractivity (Wildman–Crippen MR) is 71.1 cm³/mol. The summed E-state index contributed by atoms with van der Waals surface area (Å²) in [5.74, 6) is -0.187. The van der Waals surface area contributed by atoms with Crippen LogP contribution in [0.2, 0.25) is 0 Å². The summed E-state index contributed by atoms with van der Waals surface area (Å²) < 4.78 is 15.1. The van der Waals surface area contributed by atoms with Crippen LogP contribution in [-0.2, 0) is 11.2 Å². The van der Waals surface area contributed by atoms with Gasteiger partial charge in [0, 0.05) is 18.9 Å². The highest BCUT2D eigenvalue weighted by atomic mass is 19.1. The molecule has 0 aromatic carbocycles. The molecule has 20 heavy (non-hydrogen) atoms. The maximum Gasteiger partial charge on any atom is 0.228 e. The van der Waals surface area contributed by atoms with Gasteiger partial charge in [0.15, 0.2) is 0 Å². The van der Waals surface area contributed by atoms with E-state index in [2.05, 4.69) is 4.98 Å². The molecular weight excluding hydrogens is 261 g/mol. The maximum atomic E-state index is 13.3. The number of likely N-dealkylation sites (tertiary alicyclic amines) is 1. The van der Waals surface area contributed by atoms with Gasteiger partial charge >= 0.3 is 0 Å². The van der Waals surface area contributed by atoms with Gasteiger partial charge < -0.3 is 14.4 Å². The summed E-state index contributed by atoms with van der Waals surface area (Å²) >= 11 is 0. The molecule has 5 nitrogen and oxygen atoms in total. The zero-order chi connectivity index (χ0) is 14.3. The van der Waals surface area contributed by atoms with Gasteiger partial charge in [0.25, 0.3) is 0 Å². The zero-order valence-electron chi connectivity index (χ0n) is 11.2. The maximum absolute atomic E-state index is 13.3. The highest BCUT2D eigenvalue weighted by Crippen LogP contribution is 2.16. The van der Waals surface area contributed by atoms with E-state index in [1.807, 2.05) is 29.7 Å². The number of carbonyl (C=O) groups excluding carboxylic acids is 1. The van der Waals surface area contributed by atoms with Crippen molar-refractivity contribution in [2.45, 2.75) is 25.6 Å². The molecule has 2 aromatic heterocycles. The molecule has 1 fully saturated rings. The Morgan fingerprint density at radius 3 is 3.05 bits per heavy atom. The Morgan fingerprint density at radius 2 is 2.35 bits per heavy atom. The molecule has 1 saturated heterocycles. The number of halogens is 1. The number of alkyl halides is 1. The van der Waals surface area contributed by atoms with Crippen molar-refractivity contribution in [3.8, 4) is 0 Å². The fourth-order valence-corrected chi connectivity index (χ4v) is 2.55. The molecule has 0 saturated carbocycles. The number of aliphatic hydroxyl groups excluding tert-OH is 1. The Hall–Kier alpha value is -1.95. The van der Waals surface area contributed by atoms with Crippen LogP contribution in [0.15, 0.2) is 24.5 Å². The molecule has 0 spiro atoms. The molecule has 1 amide bonds. The smallest absolute Gasteiger partial charge is 0.228 e. The average molecular weight is 277 g/mol. The molecule has 1 N–H and O–H groups in total. The standard InChI is InChI=1S/C14H16FN3O2/c1-9-3-2-4-18-10(6-16-14(9)18)5-13(20)17-7-11(15)12(19)8-17/h2-4,6,11-12,19H,5,7-8H2,1H3/t11-,12-/m1/s1. The second-order valence-electron chi connectivity index (χ2n) is 5.19. The van der Waals surface area contributed by atoms with E-state index < -0.39 is 12.3 Å². The second kappa shape index (κ2) is 4.86. The van der Waals surface area contributed by atoms with Gasteiger partial charge in [0.05, 0.1) is 18.7 Å². The average Bonchev–Trinajstić information content (AvgIpc) is 2.96. The van der Waals surface area contributed by atoms with Crippen molar-refractivity contribution in [2.24, 2.45) is 0 Å². The first-order chi connectivity index (χ1) is 9.56. The van der Waals surface area contributed by atoms with Gasteiger partial charge in [-0.15, -0.1) is 0 Å². The van der Waals surface area contributed by atoms with Crippen LogP contribution in [0.25, 0.3) is 5.65 Å². The molecule has 2 atom stereocenters. The molecule has 1 aliphatic rings. The van der Waals surface area contributed by atoms with Crippen molar-refractivity contribution >= 4 is 11.6 Å². The normalized spacial score (nSPS) is 22.6. The van der Waals surface area contributed by atoms with Crippen molar-refractivity contribution in [1.82, 2.24) is 14.3 Å². The fourth-order valence-electron chi connectivity index (χ4n) is 2.55. The molecule has 6 heteroatoms. The van der Waals surface area contributed by atoms with Crippen molar-refractivity contribution in [1.29, 1.82) is 0 Å². The number of amides is 1. The summed E-state index contributed by atoms with van der Waals surface area (Å²) in [4.78, 5) is 17.8. The van der Waals surface area contributed by atoms with Gasteiger partial charge in [-0.3, -0.25) is 4.79 Å². The fraction of sp³-hybridized carbons (Fsp3) is 0.429. The first-order valence-electron chi connectivity index (χ1n) is 6.57. The first-order valence-corrected chi connectivity index (χ1v) is 6.57. The number of aromatic nitrogens is 2. The minimum Gasteiger partial charge on any atom is -0.388 e. The quantitative estimate of drug-likeness (QED) is 0.880. The van der Waals surface area contributed by atoms with Gasteiger partial charge in [0.2, 0.25) is 5.91 Å². The van der Waals surface area contributed by atoms with E-state index >= 15 is 0 Å². The summed E-state index contributed by atoms with van der Waals surface area (Å²) in [5, 5.41) is 9.36. The van der Waals surface area contributed by atoms with Crippen LogP contribution >= 0.6 is 0 Å². The highest BCUT2D eigenvalue weighted by Gasteiger charge is 2.34. The molecule has 0 bridgehead atoms. The zero-order valence-corrected chi connectivity index (χ0v) is 11.2. The summed E-state index contributed by atoms with van der Waals surface area (Å²) in [5.41, 5.74) is 2.62. The van der Waals surface area contributed by atoms with Gasteiger partial charge in [0.1, 0.15) is 17.9 Å². The number of rotatable bonds is 2. The largest absolute Gasteiger partial charge is 0.388 e. The number of aryl methyl sites for hydroxylation is 1. The molecule has 106 valence electrons. The molecule has 0 radical (unpaired) electrons. The summed E-state index contributed by atoms with van der Waals surface area (Å²) in [6, 6.07) is 3.85. The lowest BCUT2D eigenvalue weighted by Gasteiger charge is -2.14. The molecule has 2 aromatic rings. The van der Waals surface area contributed by atoms with E-state index in [0.717, 1.165) is 16.9 Å². The lowest BCUT2D eigenvalue weighted by molar-refractivity contribution is -0.129. The number of aliphatic hydroxyl groups is 1. The number of imidazole rings is 1. The predicted octanol–water partition coefficient (Wildman–Crippen LogP) is 0.726. The molecule has 0 aliphatic carbocycles. The highest BCUT2D eigenvalue weighted by molar-refractivity contribution is 5.79. The Morgan fingerprint density at radius 1 is 1.55 bits per heavy atom. The monoisotopic (exact) mass is 277 g/mol. The molecule has 0 unspecified atom stereocenters. The van der Waals surface area contributed by atoms with Gasteiger partial charge in [-0.2, -0.15) is 0 Å². The summed E-state index contributed by atoms with van der Waals surface area (Å²) in [7, 11) is 0. The Balaban J connectivity index is 1.80. The summed E-state index contributed by atoms with van der Waals surface area (Å²) in [6.45, 7) is 1.99. The SMILES string of the molecule is Cc1cccn2c(CC(=O)N3C[C@@H](O)[C@H](F)C3)cnc12. The number of hydrogen-bond acceptors (Lipinski definition) is 3. The van der Waals surface area contributed by atoms with Gasteiger partial charge in [-0.25, -0.2) is 9.37 Å². The lowest BCUT2D eigenvalue weighted by Crippen LogP contribution is -2.31. The number of fused-ring (bicyclic) bond motifs is 1. The van der Waals surface area contributed by atoms with Crippen LogP contribution in [0.3, 0.4) is 0 Å². The van der Waals surface area contributed by atoms with Crippen molar-refractivity contribution in [2.75, 3.05) is 13.1 Å². The van der Waals surface area contributed by atoms with Crippen LogP contribution in [0.4, 0.5) is 4.39 Å². The second-order valence-corrected chi connectivity index (χ2v) is 5.19. The topological polar surface area (TPSA) is 57.8 Å². The Bertz CT molecular complexity index is 645. The number of hydrogen-bond donors (Lipinski definition) is 1. The van der Waals surface area contributed by atoms with E-state index in [1.165, 1.54) is 4.90 Å². The Kier molecular flexibility index (Phi) is 3.17. The number of pyridine rings is 1. The molecule has 3 rings (SSSR count). The molecule has 3 heterocycles. The Labute approximate surface area is 115 Å². The van der Waals surface area contributed by atoms with E-state index in [9.17, 15) is 14.3 Å². The number of nitrogens with zero attached hydrogens (tertiary/aromatic N) is 3. The lowest BCUT2D eigenvalue weighted by atomic mass is 10.2. The minimum atomic E-state index is -1.34. The third-order valence-corrected chi connectivity index (χ3v) is 3.71. The van der Waals surface area contributed by atoms with E-state index in [-0.39, 0.29) is 25.4 Å². The van der Waals surface area contributed by atoms with Crippen LogP contribution in [0.1, 0.15) is 11.3 Å². The minimum absolute atomic E-state index is 0.0320. The third kappa shape index (κ3) is 2.16. The van der Waals surface area contributed by atoms with Crippen LogP contribution in [-0.4, -0.2) is 50.7 Å². The molecule has 1 aliphatic heterocycles. The van der Waals surface area contributed by atoms with E-state index in [4.69, 9.17) is 0 Å². The van der Waals surface area contributed by atoms with Crippen molar-refractivity contribution in [3.05, 3.63) is 35.8 Å². The van der Waals surface area contributed by atoms with Gasteiger partial charge in [-0.05, 0) is 18.6 Å². The van der Waals surface area contributed by atoms with Crippen LogP contribution < -0.4 is 0 Å². The molecular formula is C14H16FN3O2. The van der Waals surface area contributed by atoms with Crippen molar-refractivity contribution in [3.63, 3.8) is 0 Å². The van der Waals surface area contributed by atoms with Crippen LogP contribution in [0.5, 0.6) is 0 Å². The third-order valence-electron chi connectivity index (χ3n) is 3.71. The number of carbonyl (C=O) groups is 1. The number of β-amino-alcohol motifs (C(OH)–C–C–N with tert-alkyl or cyclic N) is 1. The van der Waals surface area contributed by atoms with Crippen molar-refractivity contribution < 1.29 is 14.3 Å².